The van der Waals surface area contributed by atoms with Gasteiger partial charge in [0.25, 0.3) is 0 Å². The van der Waals surface area contributed by atoms with Gasteiger partial charge in [-0.15, -0.1) is 0 Å². The maximum atomic E-state index is 12.2. The lowest BCUT2D eigenvalue weighted by Gasteiger charge is -2.38. The molecular formula is C16H27NO3. The van der Waals surface area contributed by atoms with Crippen molar-refractivity contribution in [3.05, 3.63) is 11.3 Å². The predicted molar refractivity (Wildman–Crippen MR) is 78.2 cm³/mol. The third-order valence-corrected chi connectivity index (χ3v) is 4.39. The maximum Gasteiger partial charge on any atom is 0.335 e. The van der Waals surface area contributed by atoms with Crippen LogP contribution in [0.3, 0.4) is 0 Å². The highest BCUT2D eigenvalue weighted by molar-refractivity contribution is 5.89. The number of fused-ring (bicyclic) bond motifs is 1. The molecule has 0 bridgehead atoms. The summed E-state index contributed by atoms with van der Waals surface area (Å²) in [5, 5.41) is 10.3. The Morgan fingerprint density at radius 3 is 2.90 bits per heavy atom. The Balaban J connectivity index is 2.21. The Labute approximate surface area is 121 Å². The zero-order valence-electron chi connectivity index (χ0n) is 12.7. The van der Waals surface area contributed by atoms with Crippen LogP contribution >= 0.6 is 0 Å². The van der Waals surface area contributed by atoms with Gasteiger partial charge in [0.05, 0.1) is 24.3 Å². The molecule has 2 atom stereocenters. The Morgan fingerprint density at radius 2 is 2.20 bits per heavy atom. The van der Waals surface area contributed by atoms with Gasteiger partial charge in [-0.2, -0.15) is 0 Å². The van der Waals surface area contributed by atoms with Gasteiger partial charge >= 0.3 is 5.97 Å². The molecule has 2 rings (SSSR count). The maximum absolute atomic E-state index is 12.2. The summed E-state index contributed by atoms with van der Waals surface area (Å²) in [5.74, 6) is -0.233. The van der Waals surface area contributed by atoms with Gasteiger partial charge in [-0.1, -0.05) is 19.8 Å². The second-order valence-electron chi connectivity index (χ2n) is 5.78. The molecule has 1 saturated heterocycles. The number of esters is 1. The van der Waals surface area contributed by atoms with E-state index in [1.807, 2.05) is 6.92 Å². The summed E-state index contributed by atoms with van der Waals surface area (Å²) in [5.41, 5.74) is 1.86. The van der Waals surface area contributed by atoms with Crippen molar-refractivity contribution in [3.63, 3.8) is 0 Å². The van der Waals surface area contributed by atoms with Crippen LogP contribution in [0.15, 0.2) is 11.3 Å². The van der Waals surface area contributed by atoms with E-state index in [1.165, 1.54) is 12.8 Å². The van der Waals surface area contributed by atoms with Gasteiger partial charge in [-0.3, -0.25) is 0 Å². The highest BCUT2D eigenvalue weighted by Crippen LogP contribution is 2.36. The minimum atomic E-state index is -0.424. The number of ether oxygens (including phenoxy) is 1. The van der Waals surface area contributed by atoms with E-state index in [0.717, 1.165) is 37.9 Å². The Bertz CT molecular complexity index is 378. The molecule has 4 nitrogen and oxygen atoms in total. The van der Waals surface area contributed by atoms with Crippen LogP contribution in [-0.2, 0) is 9.53 Å². The van der Waals surface area contributed by atoms with Gasteiger partial charge in [0.2, 0.25) is 0 Å². The molecule has 2 heterocycles. The van der Waals surface area contributed by atoms with E-state index >= 15 is 0 Å². The van der Waals surface area contributed by atoms with Crippen molar-refractivity contribution in [1.29, 1.82) is 0 Å². The summed E-state index contributed by atoms with van der Waals surface area (Å²) >= 11 is 0. The Kier molecular flexibility index (Phi) is 5.46. The second-order valence-corrected chi connectivity index (χ2v) is 5.78. The molecule has 0 aromatic carbocycles. The zero-order valence-corrected chi connectivity index (χ0v) is 12.7. The first-order chi connectivity index (χ1) is 9.69. The van der Waals surface area contributed by atoms with Crippen LogP contribution in [-0.4, -0.2) is 41.3 Å². The largest absolute Gasteiger partial charge is 0.463 e. The molecule has 0 spiro atoms. The van der Waals surface area contributed by atoms with E-state index in [-0.39, 0.29) is 12.0 Å². The number of carbonyl (C=O) groups is 1. The standard InChI is InChI=1S/C16H27NO3/c1-3-5-6-8-13-12(16(19)20-4-2)11-15(18)14-9-7-10-17(13)14/h14-15,18H,3-11H2,1-2H3/t14-,15+/m0/s1. The van der Waals surface area contributed by atoms with E-state index in [2.05, 4.69) is 11.8 Å². The minimum absolute atomic E-state index is 0.213. The molecule has 0 saturated carbocycles. The van der Waals surface area contributed by atoms with E-state index in [0.29, 0.717) is 18.6 Å². The molecule has 0 amide bonds. The van der Waals surface area contributed by atoms with Gasteiger partial charge in [0, 0.05) is 18.7 Å². The fourth-order valence-corrected chi connectivity index (χ4v) is 3.42. The van der Waals surface area contributed by atoms with Crippen molar-refractivity contribution in [2.75, 3.05) is 13.2 Å². The minimum Gasteiger partial charge on any atom is -0.463 e. The van der Waals surface area contributed by atoms with Crippen LogP contribution < -0.4 is 0 Å². The number of carbonyl (C=O) groups excluding carboxylic acids is 1. The average Bonchev–Trinajstić information content (AvgIpc) is 2.91. The van der Waals surface area contributed by atoms with E-state index in [1.54, 1.807) is 0 Å². The Morgan fingerprint density at radius 1 is 1.40 bits per heavy atom. The molecule has 2 aliphatic heterocycles. The summed E-state index contributed by atoms with van der Waals surface area (Å²) in [6, 6.07) is 0.213. The summed E-state index contributed by atoms with van der Waals surface area (Å²) < 4.78 is 5.18. The third kappa shape index (κ3) is 3.17. The van der Waals surface area contributed by atoms with E-state index < -0.39 is 6.10 Å². The van der Waals surface area contributed by atoms with Crippen molar-refractivity contribution >= 4 is 5.97 Å². The van der Waals surface area contributed by atoms with Crippen molar-refractivity contribution < 1.29 is 14.6 Å². The van der Waals surface area contributed by atoms with Crippen LogP contribution in [0.5, 0.6) is 0 Å². The molecule has 4 heteroatoms. The van der Waals surface area contributed by atoms with Crippen LogP contribution in [0, 0.1) is 0 Å². The number of hydrogen-bond acceptors (Lipinski definition) is 4. The van der Waals surface area contributed by atoms with Crippen LogP contribution in [0.4, 0.5) is 0 Å². The summed E-state index contributed by atoms with van der Waals surface area (Å²) in [6.07, 6.45) is 6.57. The van der Waals surface area contributed by atoms with Crippen molar-refractivity contribution in [3.8, 4) is 0 Å². The average molecular weight is 281 g/mol. The monoisotopic (exact) mass is 281 g/mol. The molecule has 0 aromatic rings. The Hall–Kier alpha value is -1.03. The second kappa shape index (κ2) is 7.11. The van der Waals surface area contributed by atoms with Crippen molar-refractivity contribution in [2.24, 2.45) is 0 Å². The molecule has 1 N–H and O–H groups in total. The molecule has 20 heavy (non-hydrogen) atoms. The fraction of sp³-hybridized carbons (Fsp3) is 0.812. The van der Waals surface area contributed by atoms with Gasteiger partial charge in [-0.25, -0.2) is 4.79 Å². The van der Waals surface area contributed by atoms with Crippen LogP contribution in [0.25, 0.3) is 0 Å². The first-order valence-corrected chi connectivity index (χ1v) is 8.02. The quantitative estimate of drug-likeness (QED) is 0.600. The van der Waals surface area contributed by atoms with Gasteiger partial charge < -0.3 is 14.7 Å². The first kappa shape index (κ1) is 15.4. The number of aliphatic hydroxyl groups excluding tert-OH is 1. The fourth-order valence-electron chi connectivity index (χ4n) is 3.42. The molecule has 2 aliphatic rings. The number of rotatable bonds is 6. The topological polar surface area (TPSA) is 49.8 Å². The number of allylic oxidation sites excluding steroid dienone is 1. The first-order valence-electron chi connectivity index (χ1n) is 8.02. The summed E-state index contributed by atoms with van der Waals surface area (Å²) in [4.78, 5) is 14.4. The molecule has 114 valence electrons. The summed E-state index contributed by atoms with van der Waals surface area (Å²) in [7, 11) is 0. The third-order valence-electron chi connectivity index (χ3n) is 4.39. The number of nitrogens with zero attached hydrogens (tertiary/aromatic N) is 1. The van der Waals surface area contributed by atoms with Crippen molar-refractivity contribution in [1.82, 2.24) is 4.90 Å². The molecular weight excluding hydrogens is 254 g/mol. The summed E-state index contributed by atoms with van der Waals surface area (Å²) in [6.45, 7) is 5.37. The van der Waals surface area contributed by atoms with Crippen molar-refractivity contribution in [2.45, 2.75) is 70.9 Å². The van der Waals surface area contributed by atoms with E-state index in [4.69, 9.17) is 4.74 Å². The highest BCUT2D eigenvalue weighted by Gasteiger charge is 2.39. The highest BCUT2D eigenvalue weighted by atomic mass is 16.5. The van der Waals surface area contributed by atoms with Gasteiger partial charge in [0.1, 0.15) is 0 Å². The SMILES string of the molecule is CCCCCC1=C(C(=O)OCC)C[C@@H](O)[C@@H]2CCCN12. The smallest absolute Gasteiger partial charge is 0.335 e. The number of hydrogen-bond donors (Lipinski definition) is 1. The molecule has 0 radical (unpaired) electrons. The van der Waals surface area contributed by atoms with Gasteiger partial charge in [-0.05, 0) is 32.6 Å². The lowest BCUT2D eigenvalue weighted by Crippen LogP contribution is -2.44. The van der Waals surface area contributed by atoms with Gasteiger partial charge in [0.15, 0.2) is 0 Å². The lowest BCUT2D eigenvalue weighted by atomic mass is 9.91. The molecule has 1 fully saturated rings. The number of unbranched alkanes of at least 4 members (excludes halogenated alkanes) is 2. The number of aliphatic hydroxyl groups is 1. The van der Waals surface area contributed by atoms with E-state index in [9.17, 15) is 9.90 Å². The normalized spacial score (nSPS) is 25.9. The van der Waals surface area contributed by atoms with Crippen LogP contribution in [0.2, 0.25) is 0 Å². The molecule has 0 unspecified atom stereocenters. The predicted octanol–water partition coefficient (Wildman–Crippen LogP) is 2.61. The zero-order chi connectivity index (χ0) is 14.5. The molecule has 0 aliphatic carbocycles. The molecule has 0 aromatic heterocycles. The van der Waals surface area contributed by atoms with Crippen LogP contribution in [0.1, 0.15) is 58.8 Å². The lowest BCUT2D eigenvalue weighted by molar-refractivity contribution is -0.139.